The topological polar surface area (TPSA) is 166 Å². The zero-order valence-corrected chi connectivity index (χ0v) is 10.8. The fraction of sp³-hybridized carbons (Fsp3) is 0.875. The van der Waals surface area contributed by atoms with E-state index in [0.717, 1.165) is 6.92 Å². The van der Waals surface area contributed by atoms with Crippen molar-refractivity contribution < 1.29 is 43.9 Å². The van der Waals surface area contributed by atoms with E-state index < -0.39 is 51.0 Å². The lowest BCUT2D eigenvalue weighted by Gasteiger charge is -2.40. The minimum atomic E-state index is -4.62. The summed E-state index contributed by atoms with van der Waals surface area (Å²) < 4.78 is 20.3. The summed E-state index contributed by atoms with van der Waals surface area (Å²) >= 11 is 0. The van der Waals surface area contributed by atoms with Gasteiger partial charge in [0, 0.05) is 6.92 Å². The molecular weight excluding hydrogens is 285 g/mol. The number of hydrogen-bond acceptors (Lipinski definition) is 8. The van der Waals surface area contributed by atoms with E-state index in [0.29, 0.717) is 0 Å². The predicted molar refractivity (Wildman–Crippen MR) is 58.5 cm³/mol. The highest BCUT2D eigenvalue weighted by Gasteiger charge is 2.46. The molecule has 1 aliphatic rings. The molecule has 2 unspecified atom stereocenters. The van der Waals surface area contributed by atoms with E-state index in [4.69, 9.17) is 9.84 Å². The zero-order chi connectivity index (χ0) is 14.8. The zero-order valence-electron chi connectivity index (χ0n) is 9.91. The summed E-state index contributed by atoms with van der Waals surface area (Å²) in [7, 11) is -4.62. The average Bonchev–Trinajstić information content (AvgIpc) is 2.27. The number of ether oxygens (including phenoxy) is 1. The number of hydrogen-bond donors (Lipinski definition) is 6. The molecule has 0 aromatic heterocycles. The Labute approximate surface area is 108 Å². The highest BCUT2D eigenvalue weighted by Crippen LogP contribution is 2.39. The maximum absolute atomic E-state index is 11.4. The molecule has 1 fully saturated rings. The van der Waals surface area contributed by atoms with E-state index in [1.165, 1.54) is 0 Å². The van der Waals surface area contributed by atoms with Gasteiger partial charge in [-0.25, -0.2) is 9.65 Å². The Morgan fingerprint density at radius 1 is 1.37 bits per heavy atom. The number of rotatable bonds is 4. The third kappa shape index (κ3) is 4.20. The second kappa shape index (κ2) is 6.25. The predicted octanol–water partition coefficient (Wildman–Crippen LogP) is -2.96. The Morgan fingerprint density at radius 3 is 2.42 bits per heavy atom. The summed E-state index contributed by atoms with van der Waals surface area (Å²) in [4.78, 5) is 19.9. The number of aliphatic hydroxyl groups excluding tert-OH is 4. The van der Waals surface area contributed by atoms with Crippen LogP contribution in [0.1, 0.15) is 6.92 Å². The van der Waals surface area contributed by atoms with Crippen molar-refractivity contribution in [2.24, 2.45) is 0 Å². The fourth-order valence-corrected chi connectivity index (χ4v) is 2.68. The Morgan fingerprint density at radius 2 is 1.95 bits per heavy atom. The van der Waals surface area contributed by atoms with Crippen LogP contribution in [-0.4, -0.2) is 68.5 Å². The Balaban J connectivity index is 2.77. The summed E-state index contributed by atoms with van der Waals surface area (Å²) in [6.07, 6.45) is -6.33. The molecule has 1 heterocycles. The fourth-order valence-electron chi connectivity index (χ4n) is 1.63. The first-order valence-electron chi connectivity index (χ1n) is 5.29. The molecule has 112 valence electrons. The van der Waals surface area contributed by atoms with E-state index in [-0.39, 0.29) is 0 Å². The van der Waals surface area contributed by atoms with Crippen LogP contribution in [0.3, 0.4) is 0 Å². The van der Waals surface area contributed by atoms with Gasteiger partial charge in [-0.2, -0.15) is 0 Å². The van der Waals surface area contributed by atoms with Crippen LogP contribution in [0.15, 0.2) is 0 Å². The van der Waals surface area contributed by atoms with Crippen LogP contribution < -0.4 is 5.09 Å². The van der Waals surface area contributed by atoms with E-state index in [2.05, 4.69) is 4.52 Å². The first-order valence-corrected chi connectivity index (χ1v) is 6.87. The van der Waals surface area contributed by atoms with Crippen molar-refractivity contribution in [3.05, 3.63) is 0 Å². The molecule has 0 bridgehead atoms. The van der Waals surface area contributed by atoms with E-state index in [1.807, 2.05) is 0 Å². The molecule has 0 aliphatic carbocycles. The monoisotopic (exact) mass is 301 g/mol. The molecule has 0 aromatic rings. The minimum Gasteiger partial charge on any atom is -0.394 e. The smallest absolute Gasteiger partial charge is 0.394 e. The largest absolute Gasteiger partial charge is 0.458 e. The summed E-state index contributed by atoms with van der Waals surface area (Å²) in [5, 5.41) is 39.4. The van der Waals surface area contributed by atoms with Crippen molar-refractivity contribution in [2.45, 2.75) is 37.6 Å². The van der Waals surface area contributed by atoms with Gasteiger partial charge in [-0.3, -0.25) is 4.79 Å². The number of aliphatic hydroxyl groups is 4. The van der Waals surface area contributed by atoms with Crippen molar-refractivity contribution in [3.8, 4) is 0 Å². The van der Waals surface area contributed by atoms with Crippen LogP contribution in [0.4, 0.5) is 0 Å². The molecule has 0 spiro atoms. The molecule has 10 nitrogen and oxygen atoms in total. The highest BCUT2D eigenvalue weighted by atomic mass is 31.2. The molecule has 1 rings (SSSR count). The standard InChI is InChI=1S/C8H16NO9P/c1-3(11)18-19(15,16)9-5-7(13)6(12)4(2-10)17-8(5)14/h4-8,10,12-14H,2H2,1H3,(H2,9,15,16)/t4-,5-,6-,7-,8?/m1/s1. The Bertz CT molecular complexity index is 377. The van der Waals surface area contributed by atoms with Gasteiger partial charge in [-0.1, -0.05) is 0 Å². The van der Waals surface area contributed by atoms with Crippen molar-refractivity contribution in [1.29, 1.82) is 0 Å². The molecule has 1 aliphatic heterocycles. The lowest BCUT2D eigenvalue weighted by molar-refractivity contribution is -0.252. The van der Waals surface area contributed by atoms with Gasteiger partial charge in [0.05, 0.1) is 12.6 Å². The molecule has 0 radical (unpaired) electrons. The van der Waals surface area contributed by atoms with Crippen LogP contribution in [0.2, 0.25) is 0 Å². The molecular formula is C8H16NO9P. The van der Waals surface area contributed by atoms with Crippen molar-refractivity contribution in [1.82, 2.24) is 5.09 Å². The van der Waals surface area contributed by atoms with Crippen LogP contribution in [0.5, 0.6) is 0 Å². The van der Waals surface area contributed by atoms with E-state index in [9.17, 15) is 29.6 Å². The van der Waals surface area contributed by atoms with Gasteiger partial charge >= 0.3 is 13.7 Å². The van der Waals surface area contributed by atoms with Crippen molar-refractivity contribution in [3.63, 3.8) is 0 Å². The van der Waals surface area contributed by atoms with Gasteiger partial charge in [0.15, 0.2) is 6.29 Å². The third-order valence-corrected chi connectivity index (χ3v) is 3.59. The SMILES string of the molecule is CC(=O)OP(=O)(O)N[C@H]1C(O)O[C@H](CO)[C@@H](O)[C@@H]1O. The first kappa shape index (κ1) is 16.5. The molecule has 0 amide bonds. The summed E-state index contributed by atoms with van der Waals surface area (Å²) in [5.41, 5.74) is 0. The molecule has 6 atom stereocenters. The average molecular weight is 301 g/mol. The molecule has 6 N–H and O–H groups in total. The van der Waals surface area contributed by atoms with Crippen LogP contribution in [0, 0.1) is 0 Å². The van der Waals surface area contributed by atoms with Crippen LogP contribution >= 0.6 is 7.75 Å². The van der Waals surface area contributed by atoms with Crippen molar-refractivity contribution in [2.75, 3.05) is 6.61 Å². The van der Waals surface area contributed by atoms with Crippen LogP contribution in [-0.2, 0) is 18.6 Å². The van der Waals surface area contributed by atoms with Gasteiger partial charge in [-0.05, 0) is 0 Å². The van der Waals surface area contributed by atoms with Gasteiger partial charge in [0.2, 0.25) is 0 Å². The number of carbonyl (C=O) groups excluding carboxylic acids is 1. The molecule has 11 heteroatoms. The summed E-state index contributed by atoms with van der Waals surface area (Å²) in [6, 6.07) is -1.58. The maximum atomic E-state index is 11.4. The first-order chi connectivity index (χ1) is 8.68. The lowest BCUT2D eigenvalue weighted by Crippen LogP contribution is -2.62. The van der Waals surface area contributed by atoms with Crippen LogP contribution in [0.25, 0.3) is 0 Å². The lowest BCUT2D eigenvalue weighted by atomic mass is 9.98. The van der Waals surface area contributed by atoms with Gasteiger partial charge in [0.25, 0.3) is 0 Å². The normalized spacial score (nSPS) is 38.5. The molecule has 0 saturated carbocycles. The summed E-state index contributed by atoms with van der Waals surface area (Å²) in [5.74, 6) is -1.05. The number of nitrogens with one attached hydrogen (secondary N) is 1. The molecule has 1 saturated heterocycles. The minimum absolute atomic E-state index is 0.664. The second-order valence-electron chi connectivity index (χ2n) is 3.99. The van der Waals surface area contributed by atoms with Gasteiger partial charge < -0.3 is 34.6 Å². The maximum Gasteiger partial charge on any atom is 0.458 e. The third-order valence-electron chi connectivity index (χ3n) is 2.46. The number of carbonyl (C=O) groups is 1. The Kier molecular flexibility index (Phi) is 5.42. The molecule has 19 heavy (non-hydrogen) atoms. The van der Waals surface area contributed by atoms with Crippen molar-refractivity contribution >= 4 is 13.7 Å². The second-order valence-corrected chi connectivity index (χ2v) is 5.47. The Hall–Kier alpha value is -0.580. The highest BCUT2D eigenvalue weighted by molar-refractivity contribution is 7.51. The molecule has 0 aromatic carbocycles. The van der Waals surface area contributed by atoms with E-state index >= 15 is 0 Å². The summed E-state index contributed by atoms with van der Waals surface area (Å²) in [6.45, 7) is 0.230. The van der Waals surface area contributed by atoms with Gasteiger partial charge in [-0.15, -0.1) is 0 Å². The quantitative estimate of drug-likeness (QED) is 0.295. The van der Waals surface area contributed by atoms with Gasteiger partial charge in [0.1, 0.15) is 18.3 Å². The van der Waals surface area contributed by atoms with E-state index in [1.54, 1.807) is 5.09 Å².